The van der Waals surface area contributed by atoms with E-state index in [4.69, 9.17) is 11.6 Å². The summed E-state index contributed by atoms with van der Waals surface area (Å²) in [6.45, 7) is 0. The quantitative estimate of drug-likeness (QED) is 0.541. The fourth-order valence-corrected chi connectivity index (χ4v) is 4.62. The van der Waals surface area contributed by atoms with E-state index in [-0.39, 0.29) is 5.82 Å². The second kappa shape index (κ2) is 6.86. The smallest absolute Gasteiger partial charge is 0.191 e. The minimum absolute atomic E-state index is 0.312. The number of hydrogen-bond donors (Lipinski definition) is 0. The van der Waals surface area contributed by atoms with Crippen LogP contribution in [-0.4, -0.2) is 14.8 Å². The monoisotopic (exact) mass is 379 g/mol. The first kappa shape index (κ1) is 16.1. The number of thioether (sulfide) groups is 1. The van der Waals surface area contributed by atoms with Gasteiger partial charge in [-0.15, -0.1) is 21.5 Å². The van der Waals surface area contributed by atoms with Gasteiger partial charge in [-0.25, -0.2) is 4.39 Å². The summed E-state index contributed by atoms with van der Waals surface area (Å²) in [6, 6.07) is 9.22. The first-order valence-corrected chi connectivity index (χ1v) is 9.98. The average molecular weight is 380 g/mol. The zero-order valence-corrected chi connectivity index (χ0v) is 15.2. The predicted molar refractivity (Wildman–Crippen MR) is 96.4 cm³/mol. The van der Waals surface area contributed by atoms with Crippen molar-refractivity contribution in [2.45, 2.75) is 36.2 Å². The topological polar surface area (TPSA) is 30.7 Å². The van der Waals surface area contributed by atoms with E-state index in [1.54, 1.807) is 29.2 Å². The SMILES string of the molecule is Fc1ccc(CSc2nnc(Cc3cccs3)n2C2CC2)c(Cl)c1. The molecule has 1 fully saturated rings. The number of thiophene rings is 1. The summed E-state index contributed by atoms with van der Waals surface area (Å²) in [5, 5.41) is 12.3. The maximum atomic E-state index is 13.2. The maximum Gasteiger partial charge on any atom is 0.191 e. The number of aromatic nitrogens is 3. The van der Waals surface area contributed by atoms with E-state index in [2.05, 4.69) is 32.3 Å². The molecular weight excluding hydrogens is 365 g/mol. The molecule has 0 unspecified atom stereocenters. The largest absolute Gasteiger partial charge is 0.303 e. The van der Waals surface area contributed by atoms with Crippen LogP contribution in [0, 0.1) is 5.82 Å². The molecule has 3 nitrogen and oxygen atoms in total. The fraction of sp³-hybridized carbons (Fsp3) is 0.294. The van der Waals surface area contributed by atoms with Crippen LogP contribution in [0.25, 0.3) is 0 Å². The Morgan fingerprint density at radius 2 is 2.17 bits per heavy atom. The summed E-state index contributed by atoms with van der Waals surface area (Å²) in [5.41, 5.74) is 0.910. The van der Waals surface area contributed by atoms with Gasteiger partial charge in [-0.1, -0.05) is 35.5 Å². The van der Waals surface area contributed by atoms with Crippen molar-refractivity contribution in [2.75, 3.05) is 0 Å². The van der Waals surface area contributed by atoms with E-state index < -0.39 is 0 Å². The van der Waals surface area contributed by atoms with E-state index in [0.717, 1.165) is 23.0 Å². The van der Waals surface area contributed by atoms with Crippen LogP contribution >= 0.6 is 34.7 Å². The number of hydrogen-bond acceptors (Lipinski definition) is 4. The van der Waals surface area contributed by atoms with Crippen LogP contribution in [0.5, 0.6) is 0 Å². The van der Waals surface area contributed by atoms with Gasteiger partial charge in [0.25, 0.3) is 0 Å². The van der Waals surface area contributed by atoms with Crippen LogP contribution in [-0.2, 0) is 12.2 Å². The molecule has 0 spiro atoms. The Labute approximate surface area is 152 Å². The van der Waals surface area contributed by atoms with Crippen LogP contribution < -0.4 is 0 Å². The second-order valence-corrected chi connectivity index (χ2v) is 8.16. The molecular formula is C17H15ClFN3S2. The van der Waals surface area contributed by atoms with E-state index in [1.807, 2.05) is 0 Å². The zero-order valence-electron chi connectivity index (χ0n) is 12.8. The number of halogens is 2. The standard InChI is InChI=1S/C17H15ClFN3S2/c18-15-8-12(19)4-3-11(15)10-24-17-21-20-16(22(17)13-5-6-13)9-14-2-1-7-23-14/h1-4,7-8,13H,5-6,9-10H2. The molecule has 1 saturated carbocycles. The minimum Gasteiger partial charge on any atom is -0.303 e. The molecule has 24 heavy (non-hydrogen) atoms. The Balaban J connectivity index is 1.53. The molecule has 0 saturated heterocycles. The van der Waals surface area contributed by atoms with Crippen LogP contribution in [0.1, 0.15) is 35.1 Å². The third-order valence-corrected chi connectivity index (χ3v) is 6.15. The molecule has 0 radical (unpaired) electrons. The summed E-state index contributed by atoms with van der Waals surface area (Å²) in [5.74, 6) is 1.36. The Morgan fingerprint density at radius 1 is 1.29 bits per heavy atom. The highest BCUT2D eigenvalue weighted by molar-refractivity contribution is 7.98. The van der Waals surface area contributed by atoms with Gasteiger partial charge < -0.3 is 4.57 Å². The number of nitrogens with zero attached hydrogens (tertiary/aromatic N) is 3. The van der Waals surface area contributed by atoms with E-state index in [1.165, 1.54) is 29.9 Å². The van der Waals surface area contributed by atoms with Gasteiger partial charge in [0.2, 0.25) is 0 Å². The molecule has 1 aliphatic carbocycles. The molecule has 4 rings (SSSR count). The molecule has 124 valence electrons. The Hall–Kier alpha value is -1.37. The minimum atomic E-state index is -0.312. The third-order valence-electron chi connectivity index (χ3n) is 3.93. The molecule has 1 aliphatic rings. The van der Waals surface area contributed by atoms with Crippen molar-refractivity contribution in [3.8, 4) is 0 Å². The molecule has 0 bridgehead atoms. The van der Waals surface area contributed by atoms with Gasteiger partial charge in [0.1, 0.15) is 11.6 Å². The maximum absolute atomic E-state index is 13.2. The van der Waals surface area contributed by atoms with Gasteiger partial charge in [0.15, 0.2) is 5.16 Å². The average Bonchev–Trinajstić information content (AvgIpc) is 3.11. The lowest BCUT2D eigenvalue weighted by atomic mass is 10.2. The molecule has 0 amide bonds. The molecule has 2 aromatic heterocycles. The highest BCUT2D eigenvalue weighted by Crippen LogP contribution is 2.40. The van der Waals surface area contributed by atoms with Gasteiger partial charge in [-0.05, 0) is 42.0 Å². The summed E-state index contributed by atoms with van der Waals surface area (Å²) in [4.78, 5) is 1.29. The van der Waals surface area contributed by atoms with Gasteiger partial charge in [-0.2, -0.15) is 0 Å². The molecule has 1 aromatic carbocycles. The number of rotatable bonds is 6. The van der Waals surface area contributed by atoms with E-state index in [9.17, 15) is 4.39 Å². The Bertz CT molecular complexity index is 844. The van der Waals surface area contributed by atoms with Gasteiger partial charge in [-0.3, -0.25) is 0 Å². The third kappa shape index (κ3) is 3.50. The van der Waals surface area contributed by atoms with Crippen molar-refractivity contribution in [3.63, 3.8) is 0 Å². The summed E-state index contributed by atoms with van der Waals surface area (Å²) in [7, 11) is 0. The van der Waals surface area contributed by atoms with Gasteiger partial charge >= 0.3 is 0 Å². The first-order chi connectivity index (χ1) is 11.7. The second-order valence-electron chi connectivity index (χ2n) is 5.78. The van der Waals surface area contributed by atoms with Crippen molar-refractivity contribution in [2.24, 2.45) is 0 Å². The lowest BCUT2D eigenvalue weighted by Crippen LogP contribution is -2.03. The summed E-state index contributed by atoms with van der Waals surface area (Å²) >= 11 is 9.46. The van der Waals surface area contributed by atoms with Crippen molar-refractivity contribution in [1.82, 2.24) is 14.8 Å². The van der Waals surface area contributed by atoms with Crippen LogP contribution in [0.3, 0.4) is 0 Å². The first-order valence-electron chi connectivity index (χ1n) is 7.73. The van der Waals surface area contributed by atoms with Crippen molar-refractivity contribution in [1.29, 1.82) is 0 Å². The molecule has 3 aromatic rings. The van der Waals surface area contributed by atoms with Gasteiger partial charge in [0, 0.05) is 28.1 Å². The number of benzene rings is 1. The Morgan fingerprint density at radius 3 is 2.88 bits per heavy atom. The molecule has 7 heteroatoms. The zero-order chi connectivity index (χ0) is 16.5. The molecule has 2 heterocycles. The highest BCUT2D eigenvalue weighted by Gasteiger charge is 2.29. The van der Waals surface area contributed by atoms with Gasteiger partial charge in [0.05, 0.1) is 0 Å². The summed E-state index contributed by atoms with van der Waals surface area (Å²) < 4.78 is 15.4. The molecule has 0 aliphatic heterocycles. The van der Waals surface area contributed by atoms with Crippen LogP contribution in [0.2, 0.25) is 5.02 Å². The normalized spacial score (nSPS) is 14.2. The molecule has 0 N–H and O–H groups in total. The Kier molecular flexibility index (Phi) is 4.61. The van der Waals surface area contributed by atoms with E-state index >= 15 is 0 Å². The lowest BCUT2D eigenvalue weighted by molar-refractivity contribution is 0.627. The summed E-state index contributed by atoms with van der Waals surface area (Å²) in [6.07, 6.45) is 3.18. The molecule has 0 atom stereocenters. The van der Waals surface area contributed by atoms with Crippen molar-refractivity contribution >= 4 is 34.7 Å². The van der Waals surface area contributed by atoms with Crippen molar-refractivity contribution in [3.05, 3.63) is 62.8 Å². The van der Waals surface area contributed by atoms with Crippen LogP contribution in [0.15, 0.2) is 40.9 Å². The fourth-order valence-electron chi connectivity index (χ4n) is 2.58. The van der Waals surface area contributed by atoms with Crippen LogP contribution in [0.4, 0.5) is 4.39 Å². The predicted octanol–water partition coefficient (Wildman–Crippen LogP) is 5.35. The highest BCUT2D eigenvalue weighted by atomic mass is 35.5. The van der Waals surface area contributed by atoms with E-state index in [0.29, 0.717) is 16.8 Å². The van der Waals surface area contributed by atoms with Crippen molar-refractivity contribution < 1.29 is 4.39 Å². The lowest BCUT2D eigenvalue weighted by Gasteiger charge is -2.09.